The lowest BCUT2D eigenvalue weighted by Crippen LogP contribution is -2.27. The number of rotatable bonds is 10. The fourth-order valence-electron chi connectivity index (χ4n) is 13.9. The van der Waals surface area contributed by atoms with Gasteiger partial charge in [0.05, 0.1) is 0 Å². The van der Waals surface area contributed by atoms with Crippen molar-refractivity contribution in [2.24, 2.45) is 35.5 Å². The summed E-state index contributed by atoms with van der Waals surface area (Å²) in [5.41, 5.74) is 7.53. The largest absolute Gasteiger partial charge is 0.203 e. The first kappa shape index (κ1) is 69.0. The Labute approximate surface area is 541 Å². The normalized spacial score (nSPS) is 19.2. The van der Waals surface area contributed by atoms with Crippen molar-refractivity contribution in [1.82, 2.24) is 0 Å². The van der Waals surface area contributed by atoms with Crippen LogP contribution < -0.4 is 0 Å². The molecule has 0 aliphatic heterocycles. The summed E-state index contributed by atoms with van der Waals surface area (Å²) in [6, 6.07) is 28.1. The first-order valence-electron chi connectivity index (χ1n) is 32.5. The monoisotopic (exact) mass is 1280 g/mol. The molecule has 0 saturated heterocycles. The van der Waals surface area contributed by atoms with Gasteiger partial charge in [-0.1, -0.05) is 174 Å². The van der Waals surface area contributed by atoms with Crippen LogP contribution in [0.4, 0.5) is 52.7 Å². The maximum atomic E-state index is 14.3. The second kappa shape index (κ2) is 30.6. The van der Waals surface area contributed by atoms with Crippen LogP contribution in [-0.4, -0.2) is 0 Å². The van der Waals surface area contributed by atoms with Gasteiger partial charge < -0.3 is 0 Å². The van der Waals surface area contributed by atoms with Crippen molar-refractivity contribution in [3.8, 4) is 44.5 Å². The van der Waals surface area contributed by atoms with Crippen LogP contribution in [0.1, 0.15) is 152 Å². The number of halogens is 12. The molecular weight excluding hydrogens is 1190 g/mol. The van der Waals surface area contributed by atoms with Crippen LogP contribution in [0, 0.1) is 140 Å². The van der Waals surface area contributed by atoms with Gasteiger partial charge in [0.15, 0.2) is 69.8 Å². The maximum absolute atomic E-state index is 14.3. The molecule has 0 radical (unpaired) electrons. The fraction of sp³-hybridized carbons (Fsp3) is 0.375. The zero-order chi connectivity index (χ0) is 66.2. The van der Waals surface area contributed by atoms with E-state index in [9.17, 15) is 52.7 Å². The molecule has 92 heavy (non-hydrogen) atoms. The van der Waals surface area contributed by atoms with Crippen LogP contribution in [-0.2, 0) is 32.1 Å². The lowest BCUT2D eigenvalue weighted by molar-refractivity contribution is 0.195. The highest BCUT2D eigenvalue weighted by atomic mass is 19.2. The van der Waals surface area contributed by atoms with Crippen LogP contribution in [0.2, 0.25) is 0 Å². The Morgan fingerprint density at radius 2 is 0.696 bits per heavy atom. The molecule has 2 fully saturated rings. The van der Waals surface area contributed by atoms with E-state index in [1.807, 2.05) is 12.1 Å². The molecule has 12 rings (SSSR count). The van der Waals surface area contributed by atoms with Gasteiger partial charge >= 0.3 is 0 Å². The lowest BCUT2D eigenvalue weighted by Gasteiger charge is -2.36. The van der Waals surface area contributed by atoms with Crippen molar-refractivity contribution in [2.75, 3.05) is 0 Å². The van der Waals surface area contributed by atoms with Gasteiger partial charge in [-0.05, 0) is 212 Å². The Kier molecular flexibility index (Phi) is 23.0. The molecule has 12 heteroatoms. The number of benzene rings is 8. The van der Waals surface area contributed by atoms with Gasteiger partial charge in [-0.2, -0.15) is 0 Å². The van der Waals surface area contributed by atoms with Crippen molar-refractivity contribution in [1.29, 1.82) is 0 Å². The molecule has 2 atom stereocenters. The second-order valence-electron chi connectivity index (χ2n) is 26.5. The SMILES string of the molecule is C=CCc1ccc(-c2ccc(-c3ccc(C)c(F)c3F)cc2)c(F)c1F.Cc1cc2c(c(F)c1F)CC(C1CCC(C)CC1)CC2.Cc1cc2c(c(F)c1F)CC(CCC1CCC(C)CC1)CC2.Cc1ccc(-c2ccc(-c3ccc(C)c(F)c3F)cc2)c(F)c1F.[HH].[HH].[HH].[HH]. The topological polar surface area (TPSA) is 0 Å². The Morgan fingerprint density at radius 1 is 0.348 bits per heavy atom. The van der Waals surface area contributed by atoms with Crippen LogP contribution in [0.25, 0.3) is 44.5 Å². The summed E-state index contributed by atoms with van der Waals surface area (Å²) < 4.78 is 168. The Morgan fingerprint density at radius 3 is 1.11 bits per heavy atom. The summed E-state index contributed by atoms with van der Waals surface area (Å²) in [5.74, 6) is -5.25. The summed E-state index contributed by atoms with van der Waals surface area (Å²) >= 11 is 0. The summed E-state index contributed by atoms with van der Waals surface area (Å²) in [6.07, 6.45) is 20.5. The molecule has 2 saturated carbocycles. The summed E-state index contributed by atoms with van der Waals surface area (Å²) in [6.45, 7) is 16.0. The molecule has 8 aromatic carbocycles. The number of fused-ring (bicyclic) bond motifs is 2. The molecule has 8 aromatic rings. The van der Waals surface area contributed by atoms with E-state index in [2.05, 4.69) is 20.4 Å². The standard InChI is InChI=1S/C22H16F4.C20H14F4.C20H28F2.C18H24F2.4H2/c1-3-4-16-10-12-18(22(26)20(16)24)15-8-6-14(7-9-15)17-11-5-13(2)19(23)21(17)25;1-11-3-9-15(19(23)17(11)21)13-5-7-14(8-6-13)16-10-4-12(2)18(22)20(16)24;1-13-3-5-15(6-4-13)7-8-16-9-10-17-11-14(2)19(21)20(22)18(17)12-16;1-11-3-5-13(6-4-11)14-7-8-15-9-12(2)17(19)18(20)16(15)10-14;;;;/h3,5-12H,1,4H2,2H3;3-10H,1-2H3;11,13,15-16H,3-10,12H2,1-2H3;9,11,13-14H,3-8,10H2,1-2H3;4*1H. The van der Waals surface area contributed by atoms with E-state index in [0.29, 0.717) is 56.3 Å². The van der Waals surface area contributed by atoms with Crippen molar-refractivity contribution < 1.29 is 58.4 Å². The van der Waals surface area contributed by atoms with E-state index in [1.165, 1.54) is 140 Å². The molecule has 0 amide bonds. The van der Waals surface area contributed by atoms with Gasteiger partial charge in [0.25, 0.3) is 0 Å². The number of hydrogen-bond acceptors (Lipinski definition) is 0. The lowest BCUT2D eigenvalue weighted by atomic mass is 9.70. The van der Waals surface area contributed by atoms with E-state index in [4.69, 9.17) is 0 Å². The fourth-order valence-corrected chi connectivity index (χ4v) is 13.9. The first-order valence-corrected chi connectivity index (χ1v) is 32.5. The highest BCUT2D eigenvalue weighted by Gasteiger charge is 2.32. The van der Waals surface area contributed by atoms with Gasteiger partial charge in [-0.15, -0.1) is 6.58 Å². The van der Waals surface area contributed by atoms with Gasteiger partial charge in [0.1, 0.15) is 0 Å². The minimum atomic E-state index is -0.940. The minimum Gasteiger partial charge on any atom is -0.203 e. The molecule has 4 aliphatic carbocycles. The quantitative estimate of drug-likeness (QED) is 0.0946. The molecule has 0 N–H and O–H groups in total. The van der Waals surface area contributed by atoms with E-state index < -0.39 is 69.8 Å². The third-order valence-electron chi connectivity index (χ3n) is 19.9. The molecule has 0 aromatic heterocycles. The van der Waals surface area contributed by atoms with Gasteiger partial charge in [-0.25, -0.2) is 52.7 Å². The molecular formula is C80H90F12. The van der Waals surface area contributed by atoms with Gasteiger partial charge in [0.2, 0.25) is 0 Å². The number of hydrogen-bond donors (Lipinski definition) is 0. The van der Waals surface area contributed by atoms with Crippen molar-refractivity contribution in [3.05, 3.63) is 247 Å². The first-order chi connectivity index (χ1) is 43.9. The van der Waals surface area contributed by atoms with Gasteiger partial charge in [0, 0.05) is 28.0 Å². The van der Waals surface area contributed by atoms with Crippen LogP contribution in [0.3, 0.4) is 0 Å². The van der Waals surface area contributed by atoms with Crippen molar-refractivity contribution in [2.45, 2.75) is 158 Å². The summed E-state index contributed by atoms with van der Waals surface area (Å²) in [5, 5.41) is 0. The molecule has 2 unspecified atom stereocenters. The summed E-state index contributed by atoms with van der Waals surface area (Å²) in [4.78, 5) is 0. The predicted octanol–water partition coefficient (Wildman–Crippen LogP) is 25.0. The number of allylic oxidation sites excluding steroid dienone is 1. The third-order valence-corrected chi connectivity index (χ3v) is 19.9. The average Bonchev–Trinajstić information content (AvgIpc) is 0.900. The molecule has 0 nitrogen and oxygen atoms in total. The second-order valence-corrected chi connectivity index (χ2v) is 26.5. The zero-order valence-electron chi connectivity index (χ0n) is 53.7. The van der Waals surface area contributed by atoms with Crippen LogP contribution >= 0.6 is 0 Å². The van der Waals surface area contributed by atoms with E-state index in [-0.39, 0.29) is 56.6 Å². The molecule has 0 bridgehead atoms. The van der Waals surface area contributed by atoms with Crippen molar-refractivity contribution >= 4 is 0 Å². The highest BCUT2D eigenvalue weighted by Crippen LogP contribution is 2.42. The molecule has 494 valence electrons. The molecule has 4 aliphatic rings. The van der Waals surface area contributed by atoms with Crippen LogP contribution in [0.15, 0.2) is 122 Å². The predicted molar refractivity (Wildman–Crippen MR) is 356 cm³/mol. The van der Waals surface area contributed by atoms with E-state index in [0.717, 1.165) is 73.3 Å². The Balaban J connectivity index is 0.000000229. The minimum absolute atomic E-state index is 0. The molecule has 0 spiro atoms. The van der Waals surface area contributed by atoms with E-state index in [1.54, 1.807) is 62.4 Å². The van der Waals surface area contributed by atoms with E-state index >= 15 is 0 Å². The Hall–Kier alpha value is -7.34. The summed E-state index contributed by atoms with van der Waals surface area (Å²) in [7, 11) is 0. The third kappa shape index (κ3) is 15.8. The van der Waals surface area contributed by atoms with Crippen LogP contribution in [0.5, 0.6) is 0 Å². The number of aryl methyl sites for hydroxylation is 7. The zero-order valence-corrected chi connectivity index (χ0v) is 53.7. The Bertz CT molecular complexity index is 3850. The van der Waals surface area contributed by atoms with Crippen molar-refractivity contribution in [3.63, 3.8) is 0 Å². The van der Waals surface area contributed by atoms with Gasteiger partial charge in [-0.3, -0.25) is 0 Å². The highest BCUT2D eigenvalue weighted by molar-refractivity contribution is 5.73. The maximum Gasteiger partial charge on any atom is 0.166 e. The average molecular weight is 1280 g/mol. The molecule has 0 heterocycles. The smallest absolute Gasteiger partial charge is 0.166 e.